The van der Waals surface area contributed by atoms with E-state index in [4.69, 9.17) is 9.47 Å². The molecule has 2 fully saturated rings. The largest absolute Gasteiger partial charge is 0.461 e. The van der Waals surface area contributed by atoms with Gasteiger partial charge in [-0.25, -0.2) is 4.79 Å². The average molecular weight is 553 g/mol. The summed E-state index contributed by atoms with van der Waals surface area (Å²) >= 11 is 0. The van der Waals surface area contributed by atoms with Gasteiger partial charge in [-0.2, -0.15) is 0 Å². The molecule has 218 valence electrons. The van der Waals surface area contributed by atoms with Crippen LogP contribution in [0.25, 0.3) is 0 Å². The van der Waals surface area contributed by atoms with Crippen LogP contribution in [0.3, 0.4) is 0 Å². The van der Waals surface area contributed by atoms with Crippen LogP contribution in [0.4, 0.5) is 0 Å². The Morgan fingerprint density at radius 3 is 2.55 bits per heavy atom. The third-order valence-corrected chi connectivity index (χ3v) is 9.82. The predicted molar refractivity (Wildman–Crippen MR) is 152 cm³/mol. The second kappa shape index (κ2) is 11.2. The van der Waals surface area contributed by atoms with Gasteiger partial charge < -0.3 is 19.7 Å². The summed E-state index contributed by atoms with van der Waals surface area (Å²) in [4.78, 5) is 39.1. The molecule has 0 aromatic heterocycles. The first kappa shape index (κ1) is 30.2. The first-order valence-electron chi connectivity index (χ1n) is 14.5. The van der Waals surface area contributed by atoms with Gasteiger partial charge in [0.1, 0.15) is 12.7 Å². The summed E-state index contributed by atoms with van der Waals surface area (Å²) in [7, 11) is 0. The van der Waals surface area contributed by atoms with Crippen LogP contribution in [-0.4, -0.2) is 52.4 Å². The number of allylic oxidation sites excluding steroid dienone is 6. The van der Waals surface area contributed by atoms with Gasteiger partial charge in [-0.3, -0.25) is 9.59 Å². The number of aliphatic hydroxyl groups excluding tert-OH is 1. The number of Topliss-reactive ketones (excluding diaryl/α,β-unsaturated/α-hetero) is 1. The van der Waals surface area contributed by atoms with Gasteiger partial charge in [0.05, 0.1) is 5.41 Å². The van der Waals surface area contributed by atoms with Crippen molar-refractivity contribution in [3.8, 4) is 0 Å². The highest BCUT2D eigenvalue weighted by molar-refractivity contribution is 5.95. The Hall–Kier alpha value is -2.77. The van der Waals surface area contributed by atoms with E-state index in [1.807, 2.05) is 19.1 Å². The fourth-order valence-electron chi connectivity index (χ4n) is 7.68. The smallest absolute Gasteiger partial charge is 0.331 e. The number of fused-ring (bicyclic) bond motifs is 3. The normalized spacial score (nSPS) is 38.0. The average Bonchev–Trinajstić information content (AvgIpc) is 3.38. The number of ether oxygens (including phenoxy) is 2. The van der Waals surface area contributed by atoms with Crippen LogP contribution in [0.15, 0.2) is 59.8 Å². The van der Waals surface area contributed by atoms with Gasteiger partial charge in [-0.05, 0) is 54.1 Å². The minimum Gasteiger partial charge on any atom is -0.461 e. The van der Waals surface area contributed by atoms with E-state index in [1.54, 1.807) is 31.2 Å². The molecule has 2 N–H and O–H groups in total. The van der Waals surface area contributed by atoms with Crippen LogP contribution in [0, 0.1) is 34.5 Å². The highest BCUT2D eigenvalue weighted by Gasteiger charge is 2.76. The number of ketones is 1. The summed E-state index contributed by atoms with van der Waals surface area (Å²) in [5.41, 5.74) is -2.92. The Balaban J connectivity index is 1.67. The molecule has 0 radical (unpaired) electrons. The molecule has 4 aliphatic carbocycles. The molecule has 4 rings (SSSR count). The molecule has 0 heterocycles. The zero-order valence-electron chi connectivity index (χ0n) is 24.6. The molecular weight excluding hydrogens is 508 g/mol. The summed E-state index contributed by atoms with van der Waals surface area (Å²) in [6, 6.07) is 0. The summed E-state index contributed by atoms with van der Waals surface area (Å²) in [6.45, 7) is 11.1. The fourth-order valence-corrected chi connectivity index (χ4v) is 7.68. The van der Waals surface area contributed by atoms with Crippen molar-refractivity contribution in [2.75, 3.05) is 6.61 Å². The molecule has 4 aliphatic rings. The van der Waals surface area contributed by atoms with Gasteiger partial charge in [-0.1, -0.05) is 83.1 Å². The van der Waals surface area contributed by atoms with E-state index in [2.05, 4.69) is 26.8 Å². The molecule has 2 bridgehead atoms. The monoisotopic (exact) mass is 552 g/mol. The lowest BCUT2D eigenvalue weighted by Crippen LogP contribution is -2.65. The number of hydrogen-bond acceptors (Lipinski definition) is 7. The van der Waals surface area contributed by atoms with E-state index in [-0.39, 0.29) is 41.1 Å². The number of hydrogen-bond donors (Lipinski definition) is 2. The van der Waals surface area contributed by atoms with Gasteiger partial charge in [0.2, 0.25) is 0 Å². The van der Waals surface area contributed by atoms with E-state index in [9.17, 15) is 24.6 Å². The van der Waals surface area contributed by atoms with Crippen LogP contribution >= 0.6 is 0 Å². The van der Waals surface area contributed by atoms with Crippen molar-refractivity contribution < 1.29 is 34.1 Å². The molecule has 0 amide bonds. The predicted octanol–water partition coefficient (Wildman–Crippen LogP) is 4.80. The zero-order chi connectivity index (χ0) is 29.5. The summed E-state index contributed by atoms with van der Waals surface area (Å²) in [6.07, 6.45) is 14.9. The molecule has 0 saturated heterocycles. The van der Waals surface area contributed by atoms with E-state index in [0.29, 0.717) is 12.0 Å². The van der Waals surface area contributed by atoms with E-state index in [0.717, 1.165) is 19.3 Å². The molecule has 40 heavy (non-hydrogen) atoms. The topological polar surface area (TPSA) is 110 Å². The Morgan fingerprint density at radius 2 is 1.88 bits per heavy atom. The third kappa shape index (κ3) is 4.85. The number of unbranched alkanes of at least 4 members (excludes halogenated alkanes) is 2. The SMILES string of the molecule is CCCC\C=C/C=C\C=C\C(=O)O[C@H]1C(C)=C[C@]23C(=O)[C@@H](C=C(COC(C)=O)[C@@H](O)[C@]12O)[C@H]1[C@@H](C[C@H]3C)C1(C)C. The number of esters is 2. The first-order chi connectivity index (χ1) is 18.8. The molecule has 0 aliphatic heterocycles. The Bertz CT molecular complexity index is 1190. The van der Waals surface area contributed by atoms with Crippen LogP contribution < -0.4 is 0 Å². The molecule has 0 aromatic rings. The third-order valence-electron chi connectivity index (χ3n) is 9.82. The number of carbonyl (C=O) groups excluding carboxylic acids is 3. The molecule has 0 aromatic carbocycles. The lowest BCUT2D eigenvalue weighted by atomic mass is 9.59. The zero-order valence-corrected chi connectivity index (χ0v) is 24.6. The fraction of sp³-hybridized carbons (Fsp3) is 0.606. The van der Waals surface area contributed by atoms with Crippen molar-refractivity contribution in [2.45, 2.75) is 85.0 Å². The standard InChI is InChI=1S/C33H44O7/c1-7-8-9-10-11-12-13-14-15-26(35)40-30-20(2)18-32-21(3)16-25-27(31(25,5)6)24(29(32)37)17-23(19-39-22(4)34)28(36)33(30,32)38/h10-15,17-18,21,24-25,27-28,30,36,38H,7-9,16,19H2,1-6H3/b11-10-,13-12-,15-14+/t21-,24+,25-,27+,28-,30+,32+,33+/m1/s1. The van der Waals surface area contributed by atoms with Gasteiger partial charge in [0.15, 0.2) is 17.5 Å². The van der Waals surface area contributed by atoms with Gasteiger partial charge >= 0.3 is 11.9 Å². The molecule has 1 spiro atoms. The molecule has 8 atom stereocenters. The van der Waals surface area contributed by atoms with Crippen molar-refractivity contribution >= 4 is 17.7 Å². The Labute approximate surface area is 237 Å². The van der Waals surface area contributed by atoms with E-state index < -0.39 is 41.1 Å². The molecule has 7 heteroatoms. The summed E-state index contributed by atoms with van der Waals surface area (Å²) in [5.74, 6) is -1.98. The highest BCUT2D eigenvalue weighted by atomic mass is 16.6. The minimum atomic E-state index is -2.16. The van der Waals surface area contributed by atoms with Gasteiger partial charge in [-0.15, -0.1) is 0 Å². The summed E-state index contributed by atoms with van der Waals surface area (Å²) in [5, 5.41) is 24.4. The van der Waals surface area contributed by atoms with Crippen molar-refractivity contribution in [1.82, 2.24) is 0 Å². The summed E-state index contributed by atoms with van der Waals surface area (Å²) < 4.78 is 11.1. The molecule has 0 unspecified atom stereocenters. The lowest BCUT2D eigenvalue weighted by molar-refractivity contribution is -0.201. The van der Waals surface area contributed by atoms with Crippen molar-refractivity contribution in [3.05, 3.63) is 59.8 Å². The highest BCUT2D eigenvalue weighted by Crippen LogP contribution is 2.71. The van der Waals surface area contributed by atoms with Crippen LogP contribution in [0.1, 0.15) is 67.2 Å². The number of rotatable bonds is 9. The second-order valence-electron chi connectivity index (χ2n) is 12.6. The van der Waals surface area contributed by atoms with Crippen molar-refractivity contribution in [2.24, 2.45) is 34.5 Å². The first-order valence-corrected chi connectivity index (χ1v) is 14.5. The Morgan fingerprint density at radius 1 is 1.18 bits per heavy atom. The van der Waals surface area contributed by atoms with E-state index in [1.165, 1.54) is 13.0 Å². The maximum Gasteiger partial charge on any atom is 0.331 e. The molecule has 2 saturated carbocycles. The number of carbonyl (C=O) groups is 3. The maximum absolute atomic E-state index is 14.5. The minimum absolute atomic E-state index is 0.0461. The quantitative estimate of drug-likeness (QED) is 0.139. The Kier molecular flexibility index (Phi) is 8.49. The maximum atomic E-state index is 14.5. The van der Waals surface area contributed by atoms with Crippen LogP contribution in [0.5, 0.6) is 0 Å². The van der Waals surface area contributed by atoms with E-state index >= 15 is 0 Å². The van der Waals surface area contributed by atoms with Gasteiger partial charge in [0, 0.05) is 18.9 Å². The van der Waals surface area contributed by atoms with Crippen LogP contribution in [-0.2, 0) is 23.9 Å². The molecular formula is C33H44O7. The van der Waals surface area contributed by atoms with Crippen molar-refractivity contribution in [3.63, 3.8) is 0 Å². The second-order valence-corrected chi connectivity index (χ2v) is 12.6. The van der Waals surface area contributed by atoms with Crippen molar-refractivity contribution in [1.29, 1.82) is 0 Å². The van der Waals surface area contributed by atoms with Crippen LogP contribution in [0.2, 0.25) is 0 Å². The number of aliphatic hydroxyl groups is 2. The van der Waals surface area contributed by atoms with Gasteiger partial charge in [0.25, 0.3) is 0 Å². The lowest BCUT2D eigenvalue weighted by Gasteiger charge is -2.48. The molecule has 7 nitrogen and oxygen atoms in total.